The predicted molar refractivity (Wildman–Crippen MR) is 244 cm³/mol. The van der Waals surface area contributed by atoms with E-state index >= 15 is 0 Å². The van der Waals surface area contributed by atoms with Gasteiger partial charge < -0.3 is 15.8 Å². The van der Waals surface area contributed by atoms with Crippen LogP contribution in [0.3, 0.4) is 0 Å². The first-order valence-corrected chi connectivity index (χ1v) is 22.1. The average Bonchev–Trinajstić information content (AvgIpc) is 4.15. The first kappa shape index (κ1) is 44.4. The number of carbonyl (C=O) groups is 3. The summed E-state index contributed by atoms with van der Waals surface area (Å²) in [5.41, 5.74) is 13.3. The smallest absolute Gasteiger partial charge is 0.165 e. The minimum absolute atomic E-state index is 0.00903. The molecule has 0 fully saturated rings. The van der Waals surface area contributed by atoms with Gasteiger partial charge in [-0.25, -0.2) is 19.0 Å². The fraction of sp³-hybridized carbons (Fsp3) is 0.283. The maximum atomic E-state index is 12.7. The minimum Gasteiger partial charge on any atom is -0.328 e. The van der Waals surface area contributed by atoms with E-state index < -0.39 is 0 Å². The lowest BCUT2D eigenvalue weighted by Crippen LogP contribution is -2.27. The lowest BCUT2D eigenvalue weighted by Gasteiger charge is -2.12. The number of aldehydes is 1. The average molecular weight is 855 g/mol. The molecule has 0 bridgehead atoms. The molecule has 314 valence electrons. The molecule has 0 spiro atoms. The highest BCUT2D eigenvalue weighted by Crippen LogP contribution is 2.29. The molecule has 15 heteroatoms. The van der Waals surface area contributed by atoms with Gasteiger partial charge in [0.1, 0.15) is 6.29 Å². The van der Waals surface area contributed by atoms with E-state index in [0.29, 0.717) is 59.9 Å². The van der Waals surface area contributed by atoms with Crippen LogP contribution >= 0.6 is 22.7 Å². The molecule has 8 rings (SSSR count). The fourth-order valence-corrected chi connectivity index (χ4v) is 7.60. The van der Waals surface area contributed by atoms with Gasteiger partial charge in [-0.1, -0.05) is 26.0 Å². The van der Waals surface area contributed by atoms with E-state index in [1.54, 1.807) is 74.7 Å². The van der Waals surface area contributed by atoms with Crippen molar-refractivity contribution >= 4 is 51.8 Å². The molecule has 8 heterocycles. The van der Waals surface area contributed by atoms with Crippen LogP contribution < -0.4 is 11.1 Å². The third-order valence-electron chi connectivity index (χ3n) is 9.54. The Bertz CT molecular complexity index is 2650. The Balaban J connectivity index is 0.000000189. The summed E-state index contributed by atoms with van der Waals surface area (Å²) in [5, 5.41) is 16.3. The second-order valence-electron chi connectivity index (χ2n) is 14.4. The Morgan fingerprint density at radius 3 is 1.66 bits per heavy atom. The molecular formula is C46H50N10O3S2. The first-order chi connectivity index (χ1) is 29.7. The molecule has 0 amide bonds. The van der Waals surface area contributed by atoms with Crippen molar-refractivity contribution in [1.29, 1.82) is 0 Å². The molecule has 0 aliphatic rings. The highest BCUT2D eigenvalue weighted by molar-refractivity contribution is 7.13. The maximum Gasteiger partial charge on any atom is 0.165 e. The molecule has 2 atom stereocenters. The fourth-order valence-electron chi connectivity index (χ4n) is 6.21. The largest absolute Gasteiger partial charge is 0.328 e. The topological polar surface area (TPSA) is 175 Å². The third-order valence-corrected chi connectivity index (χ3v) is 11.3. The second kappa shape index (κ2) is 21.9. The molecule has 0 aliphatic heterocycles. The van der Waals surface area contributed by atoms with Crippen molar-refractivity contribution in [3.05, 3.63) is 120 Å². The number of hydrogen-bond donors (Lipinski definition) is 2. The van der Waals surface area contributed by atoms with Crippen molar-refractivity contribution in [2.45, 2.75) is 78.3 Å². The van der Waals surface area contributed by atoms with E-state index in [2.05, 4.69) is 39.3 Å². The lowest BCUT2D eigenvalue weighted by molar-refractivity contribution is -0.107. The zero-order chi connectivity index (χ0) is 43.1. The van der Waals surface area contributed by atoms with E-state index in [1.165, 1.54) is 0 Å². The molecule has 0 radical (unpaired) electrons. The van der Waals surface area contributed by atoms with Crippen LogP contribution in [0.15, 0.2) is 109 Å². The summed E-state index contributed by atoms with van der Waals surface area (Å²) < 4.78 is 3.46. The predicted octanol–water partition coefficient (Wildman–Crippen LogP) is 9.30. The number of rotatable bonds is 16. The molecule has 8 aromatic heterocycles. The van der Waals surface area contributed by atoms with E-state index in [4.69, 9.17) is 15.7 Å². The summed E-state index contributed by atoms with van der Waals surface area (Å²) in [4.78, 5) is 55.0. The van der Waals surface area contributed by atoms with Gasteiger partial charge in [0, 0.05) is 67.3 Å². The van der Waals surface area contributed by atoms with Crippen LogP contribution in [0.4, 0.5) is 0 Å². The van der Waals surface area contributed by atoms with Crippen molar-refractivity contribution in [2.75, 3.05) is 6.54 Å². The number of aromatic nitrogens is 8. The van der Waals surface area contributed by atoms with Crippen LogP contribution in [0.25, 0.3) is 55.0 Å². The van der Waals surface area contributed by atoms with Crippen LogP contribution in [0.5, 0.6) is 0 Å². The van der Waals surface area contributed by atoms with Gasteiger partial charge in [0.25, 0.3) is 0 Å². The molecule has 0 saturated heterocycles. The van der Waals surface area contributed by atoms with E-state index in [1.807, 2.05) is 79.5 Å². The van der Waals surface area contributed by atoms with Gasteiger partial charge in [-0.3, -0.25) is 19.6 Å². The number of hydrogen-bond acceptors (Lipinski definition) is 13. The maximum absolute atomic E-state index is 12.7. The van der Waals surface area contributed by atoms with E-state index in [0.717, 1.165) is 63.6 Å². The normalized spacial score (nSPS) is 12.0. The van der Waals surface area contributed by atoms with Crippen molar-refractivity contribution in [3.63, 3.8) is 0 Å². The zero-order valence-electron chi connectivity index (χ0n) is 34.8. The number of Topliss-reactive ketones (excluding diaryl/α,β-unsaturated/α-hetero) is 2. The molecule has 0 aliphatic carbocycles. The summed E-state index contributed by atoms with van der Waals surface area (Å²) in [6, 6.07) is 19.5. The van der Waals surface area contributed by atoms with Crippen molar-refractivity contribution in [3.8, 4) is 43.7 Å². The standard InChI is InChI=1S/C23H25N5OS.C20H19N5OS.C3H6O/c1-3-10-24-16(2)6-7-21(29)17-8-11-25-20(14-17)18-15-26-28-12-9-19(27-23(18)28)22-5-4-13-30-22;1-13(21)4-5-18(26)14-6-8-22-17(11-14)15-12-23-25-9-7-16(24-20(15)25)19-3-2-10-27-19;1-2-3-4/h4-5,8-9,11-16,24H,3,6-7,10H2,1-2H3;2-3,6-13H,4-5,21H2,1H3;3H,2H2,1H3/t16-;13-;/m00./s1. The Labute approximate surface area is 363 Å². The van der Waals surface area contributed by atoms with Gasteiger partial charge in [0.2, 0.25) is 0 Å². The molecule has 8 aromatic rings. The van der Waals surface area contributed by atoms with Crippen molar-refractivity contribution in [2.24, 2.45) is 5.73 Å². The molecule has 13 nitrogen and oxygen atoms in total. The van der Waals surface area contributed by atoms with Crippen molar-refractivity contribution < 1.29 is 14.4 Å². The van der Waals surface area contributed by atoms with Gasteiger partial charge in [-0.05, 0) is 98.9 Å². The molecule has 3 N–H and O–H groups in total. The number of nitrogens with one attached hydrogen (secondary N) is 1. The highest BCUT2D eigenvalue weighted by Gasteiger charge is 2.16. The number of carbonyl (C=O) groups excluding carboxylic acids is 3. The van der Waals surface area contributed by atoms with Crippen LogP contribution in [-0.4, -0.2) is 75.6 Å². The second-order valence-corrected chi connectivity index (χ2v) is 16.3. The number of fused-ring (bicyclic) bond motifs is 2. The van der Waals surface area contributed by atoms with Gasteiger partial charge >= 0.3 is 0 Å². The Hall–Kier alpha value is -6.13. The number of nitrogens with zero attached hydrogens (tertiary/aromatic N) is 8. The monoisotopic (exact) mass is 854 g/mol. The summed E-state index contributed by atoms with van der Waals surface area (Å²) in [6.07, 6.45) is 15.7. The van der Waals surface area contributed by atoms with Crippen LogP contribution in [0.2, 0.25) is 0 Å². The quantitative estimate of drug-likeness (QED) is 0.0700. The van der Waals surface area contributed by atoms with Crippen LogP contribution in [0, 0.1) is 0 Å². The molecule has 0 aromatic carbocycles. The summed E-state index contributed by atoms with van der Waals surface area (Å²) in [6.45, 7) is 8.96. The van der Waals surface area contributed by atoms with Gasteiger partial charge in [0.05, 0.1) is 56.1 Å². The number of nitrogens with two attached hydrogens (primary N) is 1. The molecular weight excluding hydrogens is 805 g/mol. The zero-order valence-corrected chi connectivity index (χ0v) is 36.4. The molecule has 0 unspecified atom stereocenters. The highest BCUT2D eigenvalue weighted by atomic mass is 32.1. The summed E-state index contributed by atoms with van der Waals surface area (Å²) in [7, 11) is 0. The Morgan fingerprint density at radius 2 is 1.23 bits per heavy atom. The lowest BCUT2D eigenvalue weighted by atomic mass is 10.0. The Morgan fingerprint density at radius 1 is 0.738 bits per heavy atom. The van der Waals surface area contributed by atoms with Crippen LogP contribution in [-0.2, 0) is 4.79 Å². The number of ketones is 2. The third kappa shape index (κ3) is 11.8. The summed E-state index contributed by atoms with van der Waals surface area (Å²) in [5.74, 6) is 0.201. The van der Waals surface area contributed by atoms with Crippen molar-refractivity contribution in [1.82, 2.24) is 44.5 Å². The molecule has 0 saturated carbocycles. The van der Waals surface area contributed by atoms with Crippen LogP contribution in [0.1, 0.15) is 86.9 Å². The van der Waals surface area contributed by atoms with Gasteiger partial charge in [-0.15, -0.1) is 22.7 Å². The minimum atomic E-state index is 0.00903. The number of pyridine rings is 2. The Kier molecular flexibility index (Phi) is 16.0. The SMILES string of the molecule is CCC=O.CCCN[C@@H](C)CCC(=O)c1ccnc(-c2cnn3ccc(-c4cccs4)nc23)c1.C[C@H](N)CCC(=O)c1ccnc(-c2cnn3ccc(-c4cccs4)nc23)c1. The number of thiophene rings is 2. The van der Waals surface area contributed by atoms with E-state index in [9.17, 15) is 14.4 Å². The van der Waals surface area contributed by atoms with Gasteiger partial charge in [0.15, 0.2) is 22.9 Å². The van der Waals surface area contributed by atoms with Gasteiger partial charge in [-0.2, -0.15) is 10.2 Å². The molecule has 61 heavy (non-hydrogen) atoms. The van der Waals surface area contributed by atoms with E-state index in [-0.39, 0.29) is 17.6 Å². The first-order valence-electron chi connectivity index (χ1n) is 20.4. The summed E-state index contributed by atoms with van der Waals surface area (Å²) >= 11 is 3.29.